The summed E-state index contributed by atoms with van der Waals surface area (Å²) in [7, 11) is 0. The molecule has 0 amide bonds. The molecule has 6 nitrogen and oxygen atoms in total. The minimum absolute atomic E-state index is 0.158. The highest BCUT2D eigenvalue weighted by Crippen LogP contribution is 2.38. The molecule has 4 rings (SSSR count). The van der Waals surface area contributed by atoms with E-state index in [4.69, 9.17) is 27.1 Å². The van der Waals surface area contributed by atoms with Crippen LogP contribution in [0.2, 0.25) is 5.02 Å². The molecule has 1 aliphatic carbocycles. The van der Waals surface area contributed by atoms with Gasteiger partial charge in [-0.2, -0.15) is 10.4 Å². The Bertz CT molecular complexity index is 975. The first-order chi connectivity index (χ1) is 13.6. The Hall–Kier alpha value is -2.91. The van der Waals surface area contributed by atoms with Crippen LogP contribution in [-0.2, 0) is 0 Å². The number of aromatic nitrogens is 1. The number of hydrogen-bond acceptors (Lipinski definition) is 5. The fraction of sp³-hybridized carbons (Fsp3) is 0.333. The van der Waals surface area contributed by atoms with Gasteiger partial charge in [0.25, 0.3) is 0 Å². The van der Waals surface area contributed by atoms with Crippen molar-refractivity contribution in [3.05, 3.63) is 58.4 Å². The number of anilines is 1. The largest absolute Gasteiger partial charge is 0.478 e. The van der Waals surface area contributed by atoms with Crippen LogP contribution >= 0.6 is 11.6 Å². The summed E-state index contributed by atoms with van der Waals surface area (Å²) >= 11 is 6.25. The summed E-state index contributed by atoms with van der Waals surface area (Å²) in [5, 5.41) is 25.4. The maximum atomic E-state index is 11.1. The summed E-state index contributed by atoms with van der Waals surface area (Å²) < 4.78 is 0. The standard InChI is InChI=1S/C21H19ClN4O2/c22-17-9-16(7-5-14(17)11-23)26-20(13-3-1-2-4-13)10-19(25-26)18-8-6-15(12-24-18)21(27)28/h5-9,12-13,20H,1-4,10H2,(H,27,28). The van der Waals surface area contributed by atoms with Crippen LogP contribution in [0, 0.1) is 17.2 Å². The topological polar surface area (TPSA) is 89.6 Å². The van der Waals surface area contributed by atoms with E-state index in [1.807, 2.05) is 11.1 Å². The van der Waals surface area contributed by atoms with Crippen LogP contribution in [0.15, 0.2) is 41.6 Å². The van der Waals surface area contributed by atoms with Crippen LogP contribution in [0.3, 0.4) is 0 Å². The monoisotopic (exact) mass is 394 g/mol. The summed E-state index contributed by atoms with van der Waals surface area (Å²) in [5.41, 5.74) is 2.99. The van der Waals surface area contributed by atoms with Crippen LogP contribution in [0.5, 0.6) is 0 Å². The van der Waals surface area contributed by atoms with E-state index in [-0.39, 0.29) is 11.6 Å². The molecule has 1 atom stereocenters. The Balaban J connectivity index is 1.68. The summed E-state index contributed by atoms with van der Waals surface area (Å²) in [6.45, 7) is 0. The van der Waals surface area contributed by atoms with Crippen LogP contribution in [0.25, 0.3) is 0 Å². The SMILES string of the molecule is N#Cc1ccc(N2N=C(c3ccc(C(=O)O)cn3)CC2C2CCCC2)cc1Cl. The molecular formula is C21H19ClN4O2. The van der Waals surface area contributed by atoms with E-state index in [2.05, 4.69) is 11.1 Å². The number of carboxylic acids is 1. The van der Waals surface area contributed by atoms with Crippen LogP contribution in [-0.4, -0.2) is 27.8 Å². The second-order valence-corrected chi connectivity index (χ2v) is 7.63. The molecule has 1 aromatic heterocycles. The third kappa shape index (κ3) is 3.46. The number of pyridine rings is 1. The van der Waals surface area contributed by atoms with Crippen LogP contribution in [0.1, 0.15) is 53.7 Å². The summed E-state index contributed by atoms with van der Waals surface area (Å²) in [6.07, 6.45) is 6.90. The number of halogens is 1. The van der Waals surface area contributed by atoms with Crippen molar-refractivity contribution in [2.75, 3.05) is 5.01 Å². The highest BCUT2D eigenvalue weighted by Gasteiger charge is 2.36. The fourth-order valence-corrected chi connectivity index (χ4v) is 4.29. The molecule has 2 aromatic rings. The van der Waals surface area contributed by atoms with Gasteiger partial charge < -0.3 is 5.11 Å². The van der Waals surface area contributed by atoms with Crippen molar-refractivity contribution in [3.63, 3.8) is 0 Å². The zero-order valence-electron chi connectivity index (χ0n) is 15.2. The van der Waals surface area contributed by atoms with Crippen molar-refractivity contribution < 1.29 is 9.90 Å². The van der Waals surface area contributed by atoms with E-state index < -0.39 is 5.97 Å². The molecular weight excluding hydrogens is 376 g/mol. The lowest BCUT2D eigenvalue weighted by Gasteiger charge is -2.28. The quantitative estimate of drug-likeness (QED) is 0.825. The number of nitriles is 1. The van der Waals surface area contributed by atoms with Gasteiger partial charge in [0.15, 0.2) is 0 Å². The third-order valence-corrected chi connectivity index (χ3v) is 5.85. The molecule has 0 bridgehead atoms. The van der Waals surface area contributed by atoms with E-state index >= 15 is 0 Å². The molecule has 1 saturated carbocycles. The van der Waals surface area contributed by atoms with Gasteiger partial charge in [-0.3, -0.25) is 9.99 Å². The zero-order chi connectivity index (χ0) is 19.7. The van der Waals surface area contributed by atoms with Gasteiger partial charge in [0, 0.05) is 12.6 Å². The maximum absolute atomic E-state index is 11.1. The van der Waals surface area contributed by atoms with Crippen molar-refractivity contribution >= 4 is 29.0 Å². The molecule has 2 heterocycles. The Labute approximate surface area is 168 Å². The smallest absolute Gasteiger partial charge is 0.337 e. The summed E-state index contributed by atoms with van der Waals surface area (Å²) in [6, 6.07) is 10.9. The number of carbonyl (C=O) groups is 1. The number of rotatable bonds is 4. The third-order valence-electron chi connectivity index (χ3n) is 5.53. The molecule has 1 aliphatic heterocycles. The molecule has 0 spiro atoms. The lowest BCUT2D eigenvalue weighted by molar-refractivity contribution is 0.0696. The van der Waals surface area contributed by atoms with Crippen LogP contribution in [0.4, 0.5) is 5.69 Å². The Morgan fingerprint density at radius 1 is 1.25 bits per heavy atom. The molecule has 0 radical (unpaired) electrons. The molecule has 28 heavy (non-hydrogen) atoms. The molecule has 1 N–H and O–H groups in total. The van der Waals surface area contributed by atoms with Crippen molar-refractivity contribution in [2.45, 2.75) is 38.1 Å². The molecule has 142 valence electrons. The molecule has 2 aliphatic rings. The average molecular weight is 395 g/mol. The van der Waals surface area contributed by atoms with Gasteiger partial charge in [-0.05, 0) is 49.1 Å². The first-order valence-electron chi connectivity index (χ1n) is 9.33. The van der Waals surface area contributed by atoms with Crippen LogP contribution < -0.4 is 5.01 Å². The van der Waals surface area contributed by atoms with Crippen molar-refractivity contribution in [2.24, 2.45) is 11.0 Å². The lowest BCUT2D eigenvalue weighted by Crippen LogP contribution is -2.32. The molecule has 1 fully saturated rings. The van der Waals surface area contributed by atoms with Gasteiger partial charge in [-0.1, -0.05) is 24.4 Å². The first-order valence-corrected chi connectivity index (χ1v) is 9.70. The summed E-state index contributed by atoms with van der Waals surface area (Å²) in [4.78, 5) is 15.4. The molecule has 1 unspecified atom stereocenters. The molecule has 7 heteroatoms. The molecule has 0 saturated heterocycles. The second kappa shape index (κ2) is 7.61. The molecule has 1 aromatic carbocycles. The Morgan fingerprint density at radius 2 is 2.04 bits per heavy atom. The van der Waals surface area contributed by atoms with Gasteiger partial charge in [0.2, 0.25) is 0 Å². The minimum Gasteiger partial charge on any atom is -0.478 e. The highest BCUT2D eigenvalue weighted by atomic mass is 35.5. The number of hydrazone groups is 1. The van der Waals surface area contributed by atoms with E-state index in [9.17, 15) is 4.79 Å². The fourth-order valence-electron chi connectivity index (χ4n) is 4.07. The Morgan fingerprint density at radius 3 is 2.64 bits per heavy atom. The van der Waals surface area contributed by atoms with E-state index in [1.165, 1.54) is 31.9 Å². The van der Waals surface area contributed by atoms with Crippen molar-refractivity contribution in [3.8, 4) is 6.07 Å². The number of aromatic carboxylic acids is 1. The number of nitrogens with zero attached hydrogens (tertiary/aromatic N) is 4. The Kier molecular flexibility index (Phi) is 5.01. The van der Waals surface area contributed by atoms with Crippen molar-refractivity contribution in [1.82, 2.24) is 4.98 Å². The van der Waals surface area contributed by atoms with E-state index in [1.54, 1.807) is 24.3 Å². The first kappa shape index (κ1) is 18.5. The number of hydrogen-bond donors (Lipinski definition) is 1. The highest BCUT2D eigenvalue weighted by molar-refractivity contribution is 6.32. The van der Waals surface area contributed by atoms with Gasteiger partial charge in [-0.25, -0.2) is 4.79 Å². The van der Waals surface area contributed by atoms with E-state index in [0.717, 1.165) is 17.8 Å². The van der Waals surface area contributed by atoms with Gasteiger partial charge >= 0.3 is 5.97 Å². The number of carboxylic acid groups (broad SMARTS) is 1. The predicted molar refractivity (Wildman–Crippen MR) is 107 cm³/mol. The van der Waals surface area contributed by atoms with Gasteiger partial charge in [0.05, 0.1) is 39.3 Å². The second-order valence-electron chi connectivity index (χ2n) is 7.22. The maximum Gasteiger partial charge on any atom is 0.337 e. The van der Waals surface area contributed by atoms with E-state index in [0.29, 0.717) is 22.2 Å². The number of benzene rings is 1. The zero-order valence-corrected chi connectivity index (χ0v) is 15.9. The summed E-state index contributed by atoms with van der Waals surface area (Å²) in [5.74, 6) is -0.459. The van der Waals surface area contributed by atoms with Gasteiger partial charge in [-0.15, -0.1) is 0 Å². The average Bonchev–Trinajstić information content (AvgIpc) is 3.37. The van der Waals surface area contributed by atoms with Crippen molar-refractivity contribution in [1.29, 1.82) is 5.26 Å². The van der Waals surface area contributed by atoms with Gasteiger partial charge in [0.1, 0.15) is 6.07 Å². The predicted octanol–water partition coefficient (Wildman–Crippen LogP) is 4.48. The lowest BCUT2D eigenvalue weighted by atomic mass is 9.93. The normalized spacial score (nSPS) is 19.5. The minimum atomic E-state index is -0.995.